The first-order valence-corrected chi connectivity index (χ1v) is 7.46. The summed E-state index contributed by atoms with van der Waals surface area (Å²) in [7, 11) is 0. The number of aromatic nitrogens is 2. The average molecular weight is 323 g/mol. The fraction of sp³-hybridized carbons (Fsp3) is 0.118. The van der Waals surface area contributed by atoms with Gasteiger partial charge in [-0.1, -0.05) is 18.2 Å². The second-order valence-electron chi connectivity index (χ2n) is 5.35. The molecule has 1 aromatic carbocycles. The molecule has 3 rings (SSSR count). The van der Waals surface area contributed by atoms with Crippen molar-refractivity contribution in [3.8, 4) is 0 Å². The molecule has 2 heterocycles. The third-order valence-electron chi connectivity index (χ3n) is 3.69. The topological polar surface area (TPSA) is 113 Å². The van der Waals surface area contributed by atoms with Crippen LogP contribution in [0, 0.1) is 0 Å². The lowest BCUT2D eigenvalue weighted by Crippen LogP contribution is -2.50. The second-order valence-corrected chi connectivity index (χ2v) is 5.35. The molecule has 0 bridgehead atoms. The van der Waals surface area contributed by atoms with Gasteiger partial charge in [0.15, 0.2) is 0 Å². The van der Waals surface area contributed by atoms with E-state index in [1.807, 2.05) is 30.5 Å². The van der Waals surface area contributed by atoms with Gasteiger partial charge in [0.1, 0.15) is 0 Å². The molecule has 0 saturated carbocycles. The molecular formula is C17H17N5O2. The number of hydrogen-bond acceptors (Lipinski definition) is 4. The molecule has 0 aliphatic heterocycles. The molecule has 0 aliphatic carbocycles. The first kappa shape index (κ1) is 15.7. The zero-order valence-electron chi connectivity index (χ0n) is 12.8. The van der Waals surface area contributed by atoms with Crippen molar-refractivity contribution in [2.75, 3.05) is 0 Å². The maximum atomic E-state index is 12.1. The zero-order chi connectivity index (χ0) is 16.9. The van der Waals surface area contributed by atoms with Crippen molar-refractivity contribution in [2.45, 2.75) is 12.5 Å². The van der Waals surface area contributed by atoms with Crippen LogP contribution in [-0.2, 0) is 11.2 Å². The van der Waals surface area contributed by atoms with Crippen LogP contribution >= 0.6 is 0 Å². The lowest BCUT2D eigenvalue weighted by Gasteiger charge is -2.12. The molecule has 7 nitrogen and oxygen atoms in total. The van der Waals surface area contributed by atoms with Crippen LogP contribution in [0.2, 0.25) is 0 Å². The Kier molecular flexibility index (Phi) is 4.53. The molecule has 7 heteroatoms. The van der Waals surface area contributed by atoms with Gasteiger partial charge in [-0.2, -0.15) is 0 Å². The van der Waals surface area contributed by atoms with Crippen molar-refractivity contribution < 1.29 is 9.59 Å². The normalized spacial score (nSPS) is 11.9. The van der Waals surface area contributed by atoms with Gasteiger partial charge < -0.3 is 10.7 Å². The maximum absolute atomic E-state index is 12.1. The molecule has 0 aliphatic rings. The van der Waals surface area contributed by atoms with Crippen LogP contribution in [0.25, 0.3) is 10.9 Å². The molecule has 5 N–H and O–H groups in total. The van der Waals surface area contributed by atoms with Gasteiger partial charge in [-0.25, -0.2) is 0 Å². The van der Waals surface area contributed by atoms with Gasteiger partial charge in [0.05, 0.1) is 6.04 Å². The number of carbonyl (C=O) groups excluding carboxylic acids is 2. The second kappa shape index (κ2) is 6.93. The van der Waals surface area contributed by atoms with Gasteiger partial charge in [0.25, 0.3) is 11.8 Å². The Morgan fingerprint density at radius 2 is 1.88 bits per heavy atom. The number of pyridine rings is 1. The number of hydrazine groups is 1. The van der Waals surface area contributed by atoms with E-state index < -0.39 is 17.9 Å². The van der Waals surface area contributed by atoms with Crippen LogP contribution < -0.4 is 16.6 Å². The van der Waals surface area contributed by atoms with Crippen molar-refractivity contribution in [2.24, 2.45) is 5.73 Å². The van der Waals surface area contributed by atoms with Crippen LogP contribution in [0.5, 0.6) is 0 Å². The summed E-state index contributed by atoms with van der Waals surface area (Å²) in [5, 5.41) is 1.03. The Labute approximate surface area is 138 Å². The molecular weight excluding hydrogens is 306 g/mol. The highest BCUT2D eigenvalue weighted by Crippen LogP contribution is 2.18. The predicted octanol–water partition coefficient (Wildman–Crippen LogP) is 0.894. The molecule has 0 radical (unpaired) electrons. The van der Waals surface area contributed by atoms with Crippen molar-refractivity contribution in [3.63, 3.8) is 0 Å². The number of nitrogens with two attached hydrogens (primary N) is 1. The van der Waals surface area contributed by atoms with E-state index in [9.17, 15) is 9.59 Å². The number of aromatic amines is 1. The molecule has 0 spiro atoms. The SMILES string of the molecule is NC(Cc1c[nH]c2ccccc12)C(=O)NNC(=O)c1ccncc1. The summed E-state index contributed by atoms with van der Waals surface area (Å²) in [5.74, 6) is -0.882. The third kappa shape index (κ3) is 3.41. The molecule has 24 heavy (non-hydrogen) atoms. The van der Waals surface area contributed by atoms with E-state index in [0.29, 0.717) is 12.0 Å². The Morgan fingerprint density at radius 3 is 2.67 bits per heavy atom. The highest BCUT2D eigenvalue weighted by Gasteiger charge is 2.17. The molecule has 2 aromatic heterocycles. The van der Waals surface area contributed by atoms with E-state index >= 15 is 0 Å². The number of rotatable bonds is 4. The van der Waals surface area contributed by atoms with Crippen LogP contribution in [0.1, 0.15) is 15.9 Å². The van der Waals surface area contributed by atoms with E-state index in [4.69, 9.17) is 5.73 Å². The number of amides is 2. The molecule has 0 fully saturated rings. The first-order valence-electron chi connectivity index (χ1n) is 7.46. The zero-order valence-corrected chi connectivity index (χ0v) is 12.8. The number of carbonyl (C=O) groups is 2. The summed E-state index contributed by atoms with van der Waals surface area (Å²) in [6.07, 6.45) is 5.20. The van der Waals surface area contributed by atoms with Crippen LogP contribution in [0.4, 0.5) is 0 Å². The minimum atomic E-state index is -0.776. The van der Waals surface area contributed by atoms with Crippen LogP contribution in [-0.4, -0.2) is 27.8 Å². The van der Waals surface area contributed by atoms with Crippen LogP contribution in [0.3, 0.4) is 0 Å². The predicted molar refractivity (Wildman–Crippen MR) is 89.8 cm³/mol. The van der Waals surface area contributed by atoms with Gasteiger partial charge in [0, 0.05) is 35.1 Å². The fourth-order valence-electron chi connectivity index (χ4n) is 2.42. The number of para-hydroxylation sites is 1. The average Bonchev–Trinajstić information content (AvgIpc) is 3.03. The number of fused-ring (bicyclic) bond motifs is 1. The van der Waals surface area contributed by atoms with Crippen molar-refractivity contribution >= 4 is 22.7 Å². The largest absolute Gasteiger partial charge is 0.361 e. The summed E-state index contributed by atoms with van der Waals surface area (Å²) in [5.41, 5.74) is 13.0. The first-order chi connectivity index (χ1) is 11.6. The third-order valence-corrected chi connectivity index (χ3v) is 3.69. The minimum Gasteiger partial charge on any atom is -0.361 e. The number of H-pyrrole nitrogens is 1. The highest BCUT2D eigenvalue weighted by atomic mass is 16.2. The van der Waals surface area contributed by atoms with Gasteiger partial charge in [-0.3, -0.25) is 25.4 Å². The lowest BCUT2D eigenvalue weighted by molar-refractivity contribution is -0.123. The van der Waals surface area contributed by atoms with Gasteiger partial charge in [-0.05, 0) is 30.2 Å². The van der Waals surface area contributed by atoms with Gasteiger partial charge in [0.2, 0.25) is 0 Å². The smallest absolute Gasteiger partial charge is 0.269 e. The fourth-order valence-corrected chi connectivity index (χ4v) is 2.42. The lowest BCUT2D eigenvalue weighted by atomic mass is 10.1. The number of nitrogens with zero attached hydrogens (tertiary/aromatic N) is 1. The summed E-state index contributed by atoms with van der Waals surface area (Å²) in [6, 6.07) is 10.1. The highest BCUT2D eigenvalue weighted by molar-refractivity contribution is 5.95. The Balaban J connectivity index is 1.58. The van der Waals surface area contributed by atoms with E-state index in [0.717, 1.165) is 16.5 Å². The quantitative estimate of drug-likeness (QED) is 0.534. The molecule has 1 atom stereocenters. The molecule has 122 valence electrons. The Hall–Kier alpha value is -3.19. The molecule has 0 saturated heterocycles. The van der Waals surface area contributed by atoms with Crippen molar-refractivity contribution in [3.05, 3.63) is 66.1 Å². The van der Waals surface area contributed by atoms with Crippen molar-refractivity contribution in [1.82, 2.24) is 20.8 Å². The van der Waals surface area contributed by atoms with E-state index in [1.165, 1.54) is 12.4 Å². The number of hydrogen-bond donors (Lipinski definition) is 4. The van der Waals surface area contributed by atoms with E-state index in [-0.39, 0.29) is 0 Å². The summed E-state index contributed by atoms with van der Waals surface area (Å²) in [6.45, 7) is 0. The molecule has 1 unspecified atom stereocenters. The monoisotopic (exact) mass is 323 g/mol. The summed E-state index contributed by atoms with van der Waals surface area (Å²) in [4.78, 5) is 30.9. The standard InChI is InChI=1S/C17H17N5O2/c18-14(9-12-10-20-15-4-2-1-3-13(12)15)17(24)22-21-16(23)11-5-7-19-8-6-11/h1-8,10,14,20H,9,18H2,(H,21,23)(H,22,24). The van der Waals surface area contributed by atoms with Gasteiger partial charge >= 0.3 is 0 Å². The minimum absolute atomic E-state index is 0.362. The molecule has 3 aromatic rings. The van der Waals surface area contributed by atoms with E-state index in [1.54, 1.807) is 12.1 Å². The van der Waals surface area contributed by atoms with E-state index in [2.05, 4.69) is 20.8 Å². The number of nitrogens with one attached hydrogen (secondary N) is 3. The van der Waals surface area contributed by atoms with Crippen LogP contribution in [0.15, 0.2) is 55.0 Å². The molecule has 2 amide bonds. The Bertz CT molecular complexity index is 860. The number of benzene rings is 1. The Morgan fingerprint density at radius 1 is 1.12 bits per heavy atom. The maximum Gasteiger partial charge on any atom is 0.269 e. The van der Waals surface area contributed by atoms with Gasteiger partial charge in [-0.15, -0.1) is 0 Å². The van der Waals surface area contributed by atoms with Crippen molar-refractivity contribution in [1.29, 1.82) is 0 Å². The summed E-state index contributed by atoms with van der Waals surface area (Å²) >= 11 is 0. The summed E-state index contributed by atoms with van der Waals surface area (Å²) < 4.78 is 0.